The number of ether oxygens (including phenoxy) is 2. The highest BCUT2D eigenvalue weighted by atomic mass is 16.5. The first kappa shape index (κ1) is 32.0. The highest BCUT2D eigenvalue weighted by molar-refractivity contribution is 4.87. The van der Waals surface area contributed by atoms with Crippen molar-refractivity contribution in [3.63, 3.8) is 0 Å². The number of methoxy groups -OCH3 is 2. The van der Waals surface area contributed by atoms with Crippen molar-refractivity contribution in [1.82, 2.24) is 9.80 Å². The average molecular weight is 431 g/mol. The number of nitrogens with zero attached hydrogens (tertiary/aromatic N) is 2. The van der Waals surface area contributed by atoms with E-state index in [1.54, 1.807) is 7.11 Å². The van der Waals surface area contributed by atoms with Crippen molar-refractivity contribution in [1.29, 1.82) is 0 Å². The Labute approximate surface area is 191 Å². The van der Waals surface area contributed by atoms with Gasteiger partial charge in [-0.15, -0.1) is 0 Å². The summed E-state index contributed by atoms with van der Waals surface area (Å²) in [5.41, 5.74) is 0. The molecule has 30 heavy (non-hydrogen) atoms. The normalized spacial score (nSPS) is 26.6. The molecule has 4 nitrogen and oxygen atoms in total. The first-order valence-corrected chi connectivity index (χ1v) is 12.7. The molecule has 0 bridgehead atoms. The van der Waals surface area contributed by atoms with Crippen LogP contribution in [0.5, 0.6) is 0 Å². The summed E-state index contributed by atoms with van der Waals surface area (Å²) in [7, 11) is 5.81. The van der Waals surface area contributed by atoms with E-state index in [-0.39, 0.29) is 0 Å². The summed E-state index contributed by atoms with van der Waals surface area (Å²) in [6.45, 7) is 23.4. The lowest BCUT2D eigenvalue weighted by atomic mass is 10.0. The molecule has 4 unspecified atom stereocenters. The number of likely N-dealkylation sites (tertiary alicyclic amines) is 2. The summed E-state index contributed by atoms with van der Waals surface area (Å²) in [5.74, 6) is 1.50. The topological polar surface area (TPSA) is 24.9 Å². The van der Waals surface area contributed by atoms with E-state index in [1.165, 1.54) is 32.1 Å². The molecule has 2 aliphatic rings. The van der Waals surface area contributed by atoms with Crippen molar-refractivity contribution in [2.45, 2.75) is 119 Å². The number of hydrogen-bond acceptors (Lipinski definition) is 4. The lowest BCUT2D eigenvalue weighted by Gasteiger charge is -2.25. The van der Waals surface area contributed by atoms with Gasteiger partial charge in [0.2, 0.25) is 0 Å². The predicted octanol–water partition coefficient (Wildman–Crippen LogP) is 6.34. The van der Waals surface area contributed by atoms with Crippen LogP contribution in [-0.4, -0.2) is 75.0 Å². The van der Waals surface area contributed by atoms with Crippen LogP contribution in [0, 0.1) is 11.8 Å². The first-order valence-electron chi connectivity index (χ1n) is 12.7. The van der Waals surface area contributed by atoms with E-state index in [0.717, 1.165) is 43.6 Å². The van der Waals surface area contributed by atoms with Gasteiger partial charge in [-0.3, -0.25) is 4.90 Å². The van der Waals surface area contributed by atoms with E-state index >= 15 is 0 Å². The average Bonchev–Trinajstić information content (AvgIpc) is 3.32. The summed E-state index contributed by atoms with van der Waals surface area (Å²) in [6, 6.07) is 1.46. The molecule has 0 aromatic heterocycles. The second-order valence-electron chi connectivity index (χ2n) is 9.54. The Morgan fingerprint density at radius 3 is 1.37 bits per heavy atom. The molecule has 0 aromatic rings. The van der Waals surface area contributed by atoms with Gasteiger partial charge in [0.05, 0.1) is 12.2 Å². The van der Waals surface area contributed by atoms with E-state index in [1.807, 2.05) is 7.11 Å². The van der Waals surface area contributed by atoms with E-state index in [0.29, 0.717) is 12.2 Å². The van der Waals surface area contributed by atoms with Gasteiger partial charge in [0.25, 0.3) is 0 Å². The molecule has 2 heterocycles. The second kappa shape index (κ2) is 19.5. The van der Waals surface area contributed by atoms with Crippen molar-refractivity contribution < 1.29 is 9.47 Å². The molecular weight excluding hydrogens is 372 g/mol. The second-order valence-corrected chi connectivity index (χ2v) is 9.54. The van der Waals surface area contributed by atoms with Crippen molar-refractivity contribution in [3.8, 4) is 0 Å². The first-order chi connectivity index (χ1) is 14.2. The van der Waals surface area contributed by atoms with Crippen molar-refractivity contribution >= 4 is 0 Å². The minimum absolute atomic E-state index is 0.465. The molecule has 0 aromatic carbocycles. The highest BCUT2D eigenvalue weighted by Crippen LogP contribution is 2.25. The fourth-order valence-electron chi connectivity index (χ4n) is 4.05. The third-order valence-corrected chi connectivity index (χ3v) is 6.09. The number of rotatable bonds is 6. The predicted molar refractivity (Wildman–Crippen MR) is 135 cm³/mol. The van der Waals surface area contributed by atoms with Crippen molar-refractivity contribution in [2.24, 2.45) is 11.8 Å². The zero-order valence-electron chi connectivity index (χ0n) is 22.8. The van der Waals surface area contributed by atoms with Gasteiger partial charge < -0.3 is 14.4 Å². The third kappa shape index (κ3) is 13.3. The van der Waals surface area contributed by atoms with E-state index in [4.69, 9.17) is 9.47 Å². The molecule has 0 aliphatic carbocycles. The minimum atomic E-state index is 0.465. The third-order valence-electron chi connectivity index (χ3n) is 6.09. The Morgan fingerprint density at radius 2 is 1.13 bits per heavy atom. The molecule has 0 amide bonds. The molecule has 0 N–H and O–H groups in total. The maximum absolute atomic E-state index is 5.38. The van der Waals surface area contributed by atoms with Gasteiger partial charge >= 0.3 is 0 Å². The van der Waals surface area contributed by atoms with Gasteiger partial charge in [0, 0.05) is 39.4 Å². The van der Waals surface area contributed by atoms with Crippen LogP contribution in [0.15, 0.2) is 0 Å². The molecule has 2 fully saturated rings. The van der Waals surface area contributed by atoms with Gasteiger partial charge in [0.1, 0.15) is 0 Å². The molecule has 0 saturated carbocycles. The highest BCUT2D eigenvalue weighted by Gasteiger charge is 2.32. The number of unbranched alkanes of at least 4 members (excludes halogenated alkanes) is 1. The van der Waals surface area contributed by atoms with Crippen LogP contribution < -0.4 is 0 Å². The van der Waals surface area contributed by atoms with E-state index in [9.17, 15) is 0 Å². The van der Waals surface area contributed by atoms with Crippen molar-refractivity contribution in [2.75, 3.05) is 40.9 Å². The van der Waals surface area contributed by atoms with Crippen molar-refractivity contribution in [3.05, 3.63) is 0 Å². The molecule has 2 rings (SSSR count). The lowest BCUT2D eigenvalue weighted by Crippen LogP contribution is -2.33. The van der Waals surface area contributed by atoms with E-state index in [2.05, 4.69) is 79.2 Å². The molecule has 0 radical (unpaired) electrons. The molecule has 4 heteroatoms. The van der Waals surface area contributed by atoms with Crippen LogP contribution in [0.2, 0.25) is 0 Å². The number of hydrogen-bond donors (Lipinski definition) is 0. The molecule has 2 aliphatic heterocycles. The Morgan fingerprint density at radius 1 is 0.733 bits per heavy atom. The monoisotopic (exact) mass is 430 g/mol. The fraction of sp³-hybridized carbons (Fsp3) is 1.00. The Balaban J connectivity index is 0. The SMILES string of the molecule is CCC.CCCC.CCN1CC(OC)CC1C(C)C.COC1CC(C(C)C)N(C)C1. The maximum atomic E-state index is 5.38. The minimum Gasteiger partial charge on any atom is -0.380 e. The maximum Gasteiger partial charge on any atom is 0.0713 e. The number of likely N-dealkylation sites (N-methyl/N-ethyl adjacent to an activating group) is 2. The van der Waals surface area contributed by atoms with Crippen LogP contribution in [0.4, 0.5) is 0 Å². The van der Waals surface area contributed by atoms with Gasteiger partial charge in [0.15, 0.2) is 0 Å². The molecule has 2 saturated heterocycles. The largest absolute Gasteiger partial charge is 0.380 e. The Bertz CT molecular complexity index is 361. The van der Waals surface area contributed by atoms with E-state index < -0.39 is 0 Å². The van der Waals surface area contributed by atoms with Gasteiger partial charge in [-0.2, -0.15) is 0 Å². The lowest BCUT2D eigenvalue weighted by molar-refractivity contribution is 0.109. The summed E-state index contributed by atoms with van der Waals surface area (Å²) in [6.07, 6.45) is 7.23. The molecule has 4 atom stereocenters. The van der Waals surface area contributed by atoms with Crippen LogP contribution in [0.25, 0.3) is 0 Å². The summed E-state index contributed by atoms with van der Waals surface area (Å²) in [4.78, 5) is 4.93. The van der Waals surface area contributed by atoms with Crippen LogP contribution in [0.1, 0.15) is 94.4 Å². The molecule has 184 valence electrons. The summed E-state index contributed by atoms with van der Waals surface area (Å²) in [5, 5.41) is 0. The zero-order chi connectivity index (χ0) is 23.7. The van der Waals surface area contributed by atoms with Crippen LogP contribution >= 0.6 is 0 Å². The quantitative estimate of drug-likeness (QED) is 0.491. The Hall–Kier alpha value is -0.160. The fourth-order valence-corrected chi connectivity index (χ4v) is 4.05. The van der Waals surface area contributed by atoms with Crippen LogP contribution in [0.3, 0.4) is 0 Å². The van der Waals surface area contributed by atoms with Gasteiger partial charge in [-0.25, -0.2) is 0 Å². The summed E-state index contributed by atoms with van der Waals surface area (Å²) >= 11 is 0. The Kier molecular flexibility index (Phi) is 20.8. The van der Waals surface area contributed by atoms with Crippen LogP contribution in [-0.2, 0) is 9.47 Å². The summed E-state index contributed by atoms with van der Waals surface area (Å²) < 4.78 is 10.7. The molecule has 0 spiro atoms. The smallest absolute Gasteiger partial charge is 0.0713 e. The zero-order valence-corrected chi connectivity index (χ0v) is 22.8. The standard InChI is InChI=1S/C10H21NO.C9H19NO.C4H10.C3H8/c1-5-11-7-9(12-4)6-10(11)8(2)3;1-7(2)9-5-8(11-4)6-10(9)3;1-3-4-2;1-3-2/h8-10H,5-7H2,1-4H3;7-9H,5-6H2,1-4H3;3-4H2,1-2H3;3H2,1-2H3. The molecular formula is C26H58N2O2. The van der Waals surface area contributed by atoms with Gasteiger partial charge in [-0.1, -0.05) is 81.6 Å². The van der Waals surface area contributed by atoms with Gasteiger partial charge in [-0.05, 0) is 38.3 Å².